The molecule has 0 spiro atoms. The molecule has 1 aliphatic heterocycles. The van der Waals surface area contributed by atoms with E-state index in [1.807, 2.05) is 41.6 Å². The standard InChI is InChI=1S/C27H29NO2S/c1-20-11-14-23(15-12-20)31(29,30)28-18-17-25-24-10-6-5-9-22(24)13-16-26(25)27(28)19-21-7-3-2-4-8-21/h2-12,14-15,25-27H,13,16-19H2,1H3/t25-,26+,27-/m0/s1. The smallest absolute Gasteiger partial charge is 0.207 e. The van der Waals surface area contributed by atoms with Crippen LogP contribution in [0.2, 0.25) is 0 Å². The van der Waals surface area contributed by atoms with Crippen LogP contribution in [0.4, 0.5) is 0 Å². The van der Waals surface area contributed by atoms with E-state index in [-0.39, 0.29) is 6.04 Å². The maximum atomic E-state index is 13.7. The van der Waals surface area contributed by atoms with Crippen LogP contribution in [0, 0.1) is 12.8 Å². The van der Waals surface area contributed by atoms with E-state index >= 15 is 0 Å². The first-order valence-corrected chi connectivity index (χ1v) is 12.7. The van der Waals surface area contributed by atoms with Crippen molar-refractivity contribution in [2.45, 2.75) is 49.5 Å². The van der Waals surface area contributed by atoms with Gasteiger partial charge in [-0.25, -0.2) is 8.42 Å². The van der Waals surface area contributed by atoms with Gasteiger partial charge in [-0.15, -0.1) is 0 Å². The molecule has 1 heterocycles. The largest absolute Gasteiger partial charge is 0.243 e. The van der Waals surface area contributed by atoms with Gasteiger partial charge in [-0.3, -0.25) is 0 Å². The van der Waals surface area contributed by atoms with Crippen molar-refractivity contribution in [3.05, 3.63) is 101 Å². The highest BCUT2D eigenvalue weighted by Crippen LogP contribution is 2.46. The molecule has 0 bridgehead atoms. The lowest BCUT2D eigenvalue weighted by molar-refractivity contribution is 0.134. The van der Waals surface area contributed by atoms with Gasteiger partial charge in [0.1, 0.15) is 0 Å². The van der Waals surface area contributed by atoms with Crippen molar-refractivity contribution < 1.29 is 8.42 Å². The van der Waals surface area contributed by atoms with Crippen molar-refractivity contribution in [1.82, 2.24) is 4.31 Å². The van der Waals surface area contributed by atoms with Gasteiger partial charge in [0.2, 0.25) is 10.0 Å². The second-order valence-corrected chi connectivity index (χ2v) is 10.9. The zero-order valence-corrected chi connectivity index (χ0v) is 18.8. The molecule has 3 aromatic rings. The molecule has 0 N–H and O–H groups in total. The van der Waals surface area contributed by atoms with Crippen molar-refractivity contribution in [3.8, 4) is 0 Å². The van der Waals surface area contributed by atoms with Crippen molar-refractivity contribution in [2.75, 3.05) is 6.54 Å². The SMILES string of the molecule is Cc1ccc(S(=O)(=O)N2CC[C@H]3c4ccccc4CC[C@H]3[C@@H]2Cc2ccccc2)cc1. The van der Waals surface area contributed by atoms with E-state index < -0.39 is 10.0 Å². The first-order valence-electron chi connectivity index (χ1n) is 11.2. The Labute approximate surface area is 185 Å². The Morgan fingerprint density at radius 3 is 2.35 bits per heavy atom. The molecule has 1 aliphatic carbocycles. The van der Waals surface area contributed by atoms with Gasteiger partial charge in [-0.05, 0) is 73.3 Å². The fourth-order valence-electron chi connectivity index (χ4n) is 5.61. The topological polar surface area (TPSA) is 37.4 Å². The lowest BCUT2D eigenvalue weighted by Gasteiger charge is -2.47. The third kappa shape index (κ3) is 3.83. The number of sulfonamides is 1. The molecule has 2 aliphatic rings. The van der Waals surface area contributed by atoms with E-state index in [0.29, 0.717) is 23.3 Å². The highest BCUT2D eigenvalue weighted by Gasteiger charge is 2.45. The highest BCUT2D eigenvalue weighted by molar-refractivity contribution is 7.89. The molecule has 4 heteroatoms. The first kappa shape index (κ1) is 20.5. The van der Waals surface area contributed by atoms with Crippen LogP contribution >= 0.6 is 0 Å². The molecule has 31 heavy (non-hydrogen) atoms. The third-order valence-corrected chi connectivity index (χ3v) is 9.10. The minimum Gasteiger partial charge on any atom is -0.207 e. The maximum Gasteiger partial charge on any atom is 0.243 e. The van der Waals surface area contributed by atoms with Gasteiger partial charge >= 0.3 is 0 Å². The summed E-state index contributed by atoms with van der Waals surface area (Å²) in [6.45, 7) is 2.56. The van der Waals surface area contributed by atoms with E-state index in [9.17, 15) is 8.42 Å². The molecule has 0 unspecified atom stereocenters. The Kier molecular flexibility index (Phi) is 5.45. The van der Waals surface area contributed by atoms with Gasteiger partial charge in [0.15, 0.2) is 0 Å². The molecule has 3 aromatic carbocycles. The number of piperidine rings is 1. The van der Waals surface area contributed by atoms with Crippen molar-refractivity contribution in [1.29, 1.82) is 0 Å². The predicted octanol–water partition coefficient (Wildman–Crippen LogP) is 5.35. The summed E-state index contributed by atoms with van der Waals surface area (Å²) in [6.07, 6.45) is 3.72. The minimum atomic E-state index is -3.54. The number of rotatable bonds is 4. The molecular formula is C27H29NO2S. The van der Waals surface area contributed by atoms with Crippen molar-refractivity contribution in [3.63, 3.8) is 0 Å². The lowest BCUT2D eigenvalue weighted by Crippen LogP contribution is -2.53. The van der Waals surface area contributed by atoms with Crippen LogP contribution in [-0.4, -0.2) is 25.3 Å². The molecular weight excluding hydrogens is 402 g/mol. The summed E-state index contributed by atoms with van der Waals surface area (Å²) in [4.78, 5) is 0.408. The zero-order valence-electron chi connectivity index (χ0n) is 17.9. The van der Waals surface area contributed by atoms with Gasteiger partial charge in [-0.2, -0.15) is 4.31 Å². The number of hydrogen-bond acceptors (Lipinski definition) is 2. The van der Waals surface area contributed by atoms with Crippen LogP contribution in [0.5, 0.6) is 0 Å². The monoisotopic (exact) mass is 431 g/mol. The summed E-state index contributed by atoms with van der Waals surface area (Å²) in [7, 11) is -3.54. The first-order chi connectivity index (χ1) is 15.0. The lowest BCUT2D eigenvalue weighted by atomic mass is 9.68. The van der Waals surface area contributed by atoms with Crippen molar-refractivity contribution >= 4 is 10.0 Å². The van der Waals surface area contributed by atoms with Gasteiger partial charge in [-0.1, -0.05) is 72.3 Å². The van der Waals surface area contributed by atoms with E-state index in [0.717, 1.165) is 31.2 Å². The summed E-state index contributed by atoms with van der Waals surface area (Å²) >= 11 is 0. The Bertz CT molecular complexity index is 1160. The Morgan fingerprint density at radius 2 is 1.58 bits per heavy atom. The van der Waals surface area contributed by atoms with E-state index in [1.165, 1.54) is 16.7 Å². The Hall–Kier alpha value is -2.43. The normalized spacial score (nSPS) is 23.7. The second kappa shape index (κ2) is 8.25. The van der Waals surface area contributed by atoms with Gasteiger partial charge in [0.05, 0.1) is 4.90 Å². The molecule has 160 valence electrons. The van der Waals surface area contributed by atoms with E-state index in [4.69, 9.17) is 0 Å². The predicted molar refractivity (Wildman–Crippen MR) is 125 cm³/mol. The van der Waals surface area contributed by atoms with Crippen LogP contribution < -0.4 is 0 Å². The van der Waals surface area contributed by atoms with Crippen LogP contribution in [0.25, 0.3) is 0 Å². The van der Waals surface area contributed by atoms with Gasteiger partial charge < -0.3 is 0 Å². The van der Waals surface area contributed by atoms with Crippen molar-refractivity contribution in [2.24, 2.45) is 5.92 Å². The summed E-state index contributed by atoms with van der Waals surface area (Å²) in [6, 6.07) is 26.4. The maximum absolute atomic E-state index is 13.7. The Morgan fingerprint density at radius 1 is 0.871 bits per heavy atom. The highest BCUT2D eigenvalue weighted by atomic mass is 32.2. The number of fused-ring (bicyclic) bond motifs is 3. The molecule has 0 radical (unpaired) electrons. The average Bonchev–Trinajstić information content (AvgIpc) is 2.80. The van der Waals surface area contributed by atoms with E-state index in [1.54, 1.807) is 12.1 Å². The fraction of sp³-hybridized carbons (Fsp3) is 0.333. The number of hydrogen-bond donors (Lipinski definition) is 0. The van der Waals surface area contributed by atoms with E-state index in [2.05, 4.69) is 36.4 Å². The molecule has 3 atom stereocenters. The third-order valence-electron chi connectivity index (χ3n) is 7.16. The minimum absolute atomic E-state index is 0.0270. The average molecular weight is 432 g/mol. The second-order valence-electron chi connectivity index (χ2n) is 8.98. The molecule has 1 saturated heterocycles. The number of benzene rings is 3. The number of aryl methyl sites for hydroxylation is 2. The van der Waals surface area contributed by atoms with Crippen LogP contribution in [-0.2, 0) is 22.9 Å². The van der Waals surface area contributed by atoms with Crippen LogP contribution in [0.1, 0.15) is 41.0 Å². The fourth-order valence-corrected chi connectivity index (χ4v) is 7.29. The molecule has 1 fully saturated rings. The molecule has 5 rings (SSSR count). The van der Waals surface area contributed by atoms with Gasteiger partial charge in [0, 0.05) is 12.6 Å². The molecule has 3 nitrogen and oxygen atoms in total. The summed E-state index contributed by atoms with van der Waals surface area (Å²) < 4.78 is 29.3. The summed E-state index contributed by atoms with van der Waals surface area (Å²) in [5.41, 5.74) is 5.15. The summed E-state index contributed by atoms with van der Waals surface area (Å²) in [5, 5.41) is 0. The molecule has 0 aromatic heterocycles. The van der Waals surface area contributed by atoms with Crippen LogP contribution in [0.3, 0.4) is 0 Å². The molecule has 0 amide bonds. The van der Waals surface area contributed by atoms with Gasteiger partial charge in [0.25, 0.3) is 0 Å². The quantitative estimate of drug-likeness (QED) is 0.559. The van der Waals surface area contributed by atoms with Crippen LogP contribution in [0.15, 0.2) is 83.8 Å². The number of nitrogens with zero attached hydrogens (tertiary/aromatic N) is 1. The zero-order chi connectivity index (χ0) is 21.4. The Balaban J connectivity index is 1.54. The summed E-state index contributed by atoms with van der Waals surface area (Å²) in [5.74, 6) is 0.771. The molecule has 0 saturated carbocycles.